The summed E-state index contributed by atoms with van der Waals surface area (Å²) in [4.78, 5) is 0.873. The van der Waals surface area contributed by atoms with Gasteiger partial charge in [0.05, 0.1) is 18.7 Å². The molecule has 0 unspecified atom stereocenters. The summed E-state index contributed by atoms with van der Waals surface area (Å²) in [5, 5.41) is 1.87. The smallest absolute Gasteiger partial charge is 0.416 e. The van der Waals surface area contributed by atoms with Gasteiger partial charge in [0.2, 0.25) is 0 Å². The molecule has 2 N–H and O–H groups in total. The number of hydrogen-bond acceptors (Lipinski definition) is 3. The van der Waals surface area contributed by atoms with E-state index in [1.165, 1.54) is 24.5 Å². The lowest BCUT2D eigenvalue weighted by Gasteiger charge is -2.16. The Morgan fingerprint density at radius 1 is 1.26 bits per heavy atom. The average molecular weight is 287 g/mol. The summed E-state index contributed by atoms with van der Waals surface area (Å²) >= 11 is 1.45. The molecule has 1 heterocycles. The van der Waals surface area contributed by atoms with Crippen molar-refractivity contribution in [2.45, 2.75) is 12.2 Å². The van der Waals surface area contributed by atoms with Crippen LogP contribution >= 0.6 is 11.3 Å². The van der Waals surface area contributed by atoms with Crippen LogP contribution in [-0.2, 0) is 6.18 Å². The van der Waals surface area contributed by atoms with Crippen molar-refractivity contribution in [3.63, 3.8) is 0 Å². The summed E-state index contributed by atoms with van der Waals surface area (Å²) in [6.45, 7) is 0. The molecule has 0 bridgehead atoms. The predicted molar refractivity (Wildman–Crippen MR) is 68.3 cm³/mol. The molecule has 19 heavy (non-hydrogen) atoms. The van der Waals surface area contributed by atoms with Gasteiger partial charge in [-0.15, -0.1) is 11.3 Å². The molecule has 0 saturated heterocycles. The highest BCUT2D eigenvalue weighted by atomic mass is 32.1. The first kappa shape index (κ1) is 13.9. The Morgan fingerprint density at radius 2 is 2.00 bits per heavy atom. The van der Waals surface area contributed by atoms with Crippen LogP contribution in [-0.4, -0.2) is 7.11 Å². The maximum Gasteiger partial charge on any atom is 0.416 e. The van der Waals surface area contributed by atoms with E-state index < -0.39 is 17.8 Å². The molecule has 0 spiro atoms. The third kappa shape index (κ3) is 2.90. The third-order valence-corrected chi connectivity index (χ3v) is 3.70. The average Bonchev–Trinajstić information content (AvgIpc) is 2.90. The Labute approximate surface area is 112 Å². The highest BCUT2D eigenvalue weighted by Crippen LogP contribution is 2.36. The SMILES string of the molecule is COc1cc(C(F)(F)F)ccc1[C@H](N)c1cccs1. The van der Waals surface area contributed by atoms with E-state index in [0.29, 0.717) is 5.56 Å². The number of nitrogens with two attached hydrogens (primary N) is 1. The molecule has 2 rings (SSSR count). The molecule has 0 saturated carbocycles. The molecule has 1 atom stereocenters. The van der Waals surface area contributed by atoms with Crippen LogP contribution in [0, 0.1) is 0 Å². The van der Waals surface area contributed by atoms with E-state index in [0.717, 1.165) is 17.0 Å². The van der Waals surface area contributed by atoms with E-state index >= 15 is 0 Å². The molecule has 0 fully saturated rings. The fraction of sp³-hybridized carbons (Fsp3) is 0.231. The molecule has 6 heteroatoms. The zero-order valence-electron chi connectivity index (χ0n) is 10.1. The van der Waals surface area contributed by atoms with Gasteiger partial charge in [-0.1, -0.05) is 12.1 Å². The van der Waals surface area contributed by atoms with Crippen LogP contribution in [0.5, 0.6) is 5.75 Å². The van der Waals surface area contributed by atoms with Crippen LogP contribution in [0.3, 0.4) is 0 Å². The van der Waals surface area contributed by atoms with Crippen LogP contribution in [0.15, 0.2) is 35.7 Å². The summed E-state index contributed by atoms with van der Waals surface area (Å²) in [7, 11) is 1.33. The topological polar surface area (TPSA) is 35.2 Å². The van der Waals surface area contributed by atoms with Gasteiger partial charge in [0.1, 0.15) is 5.75 Å². The lowest BCUT2D eigenvalue weighted by Crippen LogP contribution is -2.13. The fourth-order valence-electron chi connectivity index (χ4n) is 1.77. The van der Waals surface area contributed by atoms with Crippen LogP contribution in [0.25, 0.3) is 0 Å². The zero-order chi connectivity index (χ0) is 14.0. The number of rotatable bonds is 3. The Morgan fingerprint density at radius 3 is 2.53 bits per heavy atom. The number of thiophene rings is 1. The Bertz CT molecular complexity index is 552. The quantitative estimate of drug-likeness (QED) is 0.931. The van der Waals surface area contributed by atoms with Crippen LogP contribution in [0.1, 0.15) is 22.0 Å². The van der Waals surface area contributed by atoms with Crippen molar-refractivity contribution >= 4 is 11.3 Å². The van der Waals surface area contributed by atoms with Gasteiger partial charge >= 0.3 is 6.18 Å². The van der Waals surface area contributed by atoms with Gasteiger partial charge in [0.25, 0.3) is 0 Å². The van der Waals surface area contributed by atoms with Gasteiger partial charge in [-0.25, -0.2) is 0 Å². The molecule has 0 aliphatic heterocycles. The van der Waals surface area contributed by atoms with Crippen molar-refractivity contribution in [1.29, 1.82) is 0 Å². The van der Waals surface area contributed by atoms with Crippen molar-refractivity contribution in [3.05, 3.63) is 51.7 Å². The summed E-state index contributed by atoms with van der Waals surface area (Å²) in [5.74, 6) is 0.149. The van der Waals surface area contributed by atoms with E-state index in [1.54, 1.807) is 0 Å². The molecule has 2 nitrogen and oxygen atoms in total. The number of methoxy groups -OCH3 is 1. The molecular formula is C13H12F3NOS. The minimum atomic E-state index is -4.39. The lowest BCUT2D eigenvalue weighted by atomic mass is 10.0. The largest absolute Gasteiger partial charge is 0.496 e. The Balaban J connectivity index is 2.42. The standard InChI is InChI=1S/C13H12F3NOS/c1-18-10-7-8(13(14,15)16)4-5-9(10)12(17)11-3-2-6-19-11/h2-7,12H,17H2,1H3/t12-/m0/s1. The second-order valence-electron chi connectivity index (χ2n) is 3.95. The highest BCUT2D eigenvalue weighted by Gasteiger charge is 2.31. The van der Waals surface area contributed by atoms with Crippen molar-refractivity contribution in [2.24, 2.45) is 5.73 Å². The first-order valence-electron chi connectivity index (χ1n) is 5.47. The van der Waals surface area contributed by atoms with Crippen molar-refractivity contribution in [2.75, 3.05) is 7.11 Å². The lowest BCUT2D eigenvalue weighted by molar-refractivity contribution is -0.137. The molecule has 0 radical (unpaired) electrons. The summed E-state index contributed by atoms with van der Waals surface area (Å²) < 4.78 is 42.9. The second kappa shape index (κ2) is 5.22. The normalized spacial score (nSPS) is 13.3. The van der Waals surface area contributed by atoms with Gasteiger partial charge in [-0.3, -0.25) is 0 Å². The molecule has 102 valence electrons. The minimum absolute atomic E-state index is 0.149. The second-order valence-corrected chi connectivity index (χ2v) is 4.93. The predicted octanol–water partition coefficient (Wildman–Crippen LogP) is 3.82. The minimum Gasteiger partial charge on any atom is -0.496 e. The summed E-state index contributed by atoms with van der Waals surface area (Å²) in [6.07, 6.45) is -4.39. The van der Waals surface area contributed by atoms with Crippen LogP contribution in [0.4, 0.5) is 13.2 Å². The molecule has 0 aliphatic rings. The first-order chi connectivity index (χ1) is 8.93. The Kier molecular flexibility index (Phi) is 3.82. The highest BCUT2D eigenvalue weighted by molar-refractivity contribution is 7.10. The summed E-state index contributed by atoms with van der Waals surface area (Å²) in [6, 6.07) is 6.56. The van der Waals surface area contributed by atoms with Crippen LogP contribution in [0.2, 0.25) is 0 Å². The fourth-order valence-corrected chi connectivity index (χ4v) is 2.51. The van der Waals surface area contributed by atoms with Gasteiger partial charge in [-0.2, -0.15) is 13.2 Å². The van der Waals surface area contributed by atoms with Gasteiger partial charge in [0, 0.05) is 10.4 Å². The van der Waals surface area contributed by atoms with Gasteiger partial charge < -0.3 is 10.5 Å². The van der Waals surface area contributed by atoms with E-state index in [4.69, 9.17) is 10.5 Å². The van der Waals surface area contributed by atoms with Gasteiger partial charge in [0.15, 0.2) is 0 Å². The first-order valence-corrected chi connectivity index (χ1v) is 6.35. The molecule has 0 amide bonds. The van der Waals surface area contributed by atoms with Gasteiger partial charge in [-0.05, 0) is 23.6 Å². The van der Waals surface area contributed by atoms with E-state index in [-0.39, 0.29) is 5.75 Å². The van der Waals surface area contributed by atoms with E-state index in [1.807, 2.05) is 17.5 Å². The Hall–Kier alpha value is -1.53. The van der Waals surface area contributed by atoms with Crippen molar-refractivity contribution in [1.82, 2.24) is 0 Å². The molecule has 0 aliphatic carbocycles. The molecular weight excluding hydrogens is 275 g/mol. The number of halogens is 3. The molecule has 2 aromatic rings. The van der Waals surface area contributed by atoms with Crippen molar-refractivity contribution < 1.29 is 17.9 Å². The number of benzene rings is 1. The summed E-state index contributed by atoms with van der Waals surface area (Å²) in [5.41, 5.74) is 5.84. The molecule has 1 aromatic heterocycles. The zero-order valence-corrected chi connectivity index (χ0v) is 10.9. The number of alkyl halides is 3. The van der Waals surface area contributed by atoms with E-state index in [2.05, 4.69) is 0 Å². The molecule has 1 aromatic carbocycles. The maximum absolute atomic E-state index is 12.6. The number of ether oxygens (including phenoxy) is 1. The van der Waals surface area contributed by atoms with Crippen LogP contribution < -0.4 is 10.5 Å². The monoisotopic (exact) mass is 287 g/mol. The third-order valence-electron chi connectivity index (χ3n) is 2.75. The number of hydrogen-bond donors (Lipinski definition) is 1. The maximum atomic E-state index is 12.6. The van der Waals surface area contributed by atoms with Crippen molar-refractivity contribution in [3.8, 4) is 5.75 Å². The van der Waals surface area contributed by atoms with E-state index in [9.17, 15) is 13.2 Å².